The summed E-state index contributed by atoms with van der Waals surface area (Å²) in [5.74, 6) is 1.66. The van der Waals surface area contributed by atoms with E-state index in [4.69, 9.17) is 9.47 Å². The lowest BCUT2D eigenvalue weighted by Crippen LogP contribution is -2.31. The molecule has 4 heteroatoms. The van der Waals surface area contributed by atoms with Gasteiger partial charge in [0.15, 0.2) is 0 Å². The van der Waals surface area contributed by atoms with E-state index in [2.05, 4.69) is 30.9 Å². The molecule has 0 radical (unpaired) electrons. The molecule has 2 aromatic rings. The Kier molecular flexibility index (Phi) is 7.08. The molecule has 1 aliphatic rings. The molecule has 3 atom stereocenters. The number of halogens is 1. The summed E-state index contributed by atoms with van der Waals surface area (Å²) in [4.78, 5) is 2.10. The maximum absolute atomic E-state index is 14.2. The molecule has 0 amide bonds. The van der Waals surface area contributed by atoms with Crippen LogP contribution in [-0.4, -0.2) is 38.8 Å². The summed E-state index contributed by atoms with van der Waals surface area (Å²) in [6.07, 6.45) is 0.975. The van der Waals surface area contributed by atoms with E-state index in [1.165, 1.54) is 5.56 Å². The average Bonchev–Trinajstić information content (AvgIpc) is 2.68. The highest BCUT2D eigenvalue weighted by atomic mass is 19.1. The molecule has 0 aromatic heterocycles. The zero-order chi connectivity index (χ0) is 20.1. The number of ether oxygens (including phenoxy) is 2. The predicted octanol–water partition coefficient (Wildman–Crippen LogP) is 5.28. The Morgan fingerprint density at radius 1 is 1.11 bits per heavy atom. The fraction of sp³-hybridized carbons (Fsp3) is 0.500. The number of hydrogen-bond acceptors (Lipinski definition) is 3. The van der Waals surface area contributed by atoms with Crippen LogP contribution >= 0.6 is 0 Å². The van der Waals surface area contributed by atoms with Gasteiger partial charge in [-0.2, -0.15) is 0 Å². The standard InChI is InChI=1S/C24H32FNO2/c1-17(2)22-15-19(21-7-5-6-8-23(21)25)16-28-24(22)18-9-11-20(12-10-18)27-14-13-26(3)4/h5-12,17,19,22,24H,13-16H2,1-4H3/t19-,22-,24-/m0/s1. The van der Waals surface area contributed by atoms with E-state index in [1.807, 2.05) is 38.4 Å². The van der Waals surface area contributed by atoms with Crippen molar-refractivity contribution in [3.8, 4) is 5.75 Å². The largest absolute Gasteiger partial charge is 0.492 e. The Labute approximate surface area is 168 Å². The molecule has 1 aliphatic heterocycles. The molecule has 1 heterocycles. The molecular formula is C24H32FNO2. The van der Waals surface area contributed by atoms with Gasteiger partial charge in [-0.05, 0) is 61.7 Å². The van der Waals surface area contributed by atoms with Crippen molar-refractivity contribution >= 4 is 0 Å². The maximum Gasteiger partial charge on any atom is 0.126 e. The second-order valence-electron chi connectivity index (χ2n) is 8.34. The van der Waals surface area contributed by atoms with Crippen LogP contribution in [0.3, 0.4) is 0 Å². The van der Waals surface area contributed by atoms with Crippen LogP contribution in [0.15, 0.2) is 48.5 Å². The molecule has 1 fully saturated rings. The smallest absolute Gasteiger partial charge is 0.126 e. The third-order valence-electron chi connectivity index (χ3n) is 5.64. The second kappa shape index (κ2) is 9.53. The van der Waals surface area contributed by atoms with Crippen molar-refractivity contribution in [1.82, 2.24) is 4.90 Å². The van der Waals surface area contributed by atoms with Crippen molar-refractivity contribution in [2.75, 3.05) is 33.9 Å². The van der Waals surface area contributed by atoms with Crippen LogP contribution in [0.5, 0.6) is 5.75 Å². The van der Waals surface area contributed by atoms with Crippen LogP contribution < -0.4 is 4.74 Å². The van der Waals surface area contributed by atoms with Crippen LogP contribution in [0.2, 0.25) is 0 Å². The summed E-state index contributed by atoms with van der Waals surface area (Å²) >= 11 is 0. The van der Waals surface area contributed by atoms with Gasteiger partial charge >= 0.3 is 0 Å². The lowest BCUT2D eigenvalue weighted by atomic mass is 9.76. The van der Waals surface area contributed by atoms with Gasteiger partial charge in [0.1, 0.15) is 18.2 Å². The summed E-state index contributed by atoms with van der Waals surface area (Å²) in [6.45, 7) is 6.56. The molecule has 0 spiro atoms. The van der Waals surface area contributed by atoms with Gasteiger partial charge < -0.3 is 14.4 Å². The maximum atomic E-state index is 14.2. The van der Waals surface area contributed by atoms with E-state index in [0.717, 1.165) is 24.3 Å². The van der Waals surface area contributed by atoms with E-state index in [-0.39, 0.29) is 17.8 Å². The number of likely N-dealkylation sites (N-methyl/N-ethyl adjacent to an activating group) is 1. The molecule has 152 valence electrons. The third-order valence-corrected chi connectivity index (χ3v) is 5.64. The molecule has 0 unspecified atom stereocenters. The summed E-state index contributed by atoms with van der Waals surface area (Å²) in [5.41, 5.74) is 1.95. The van der Waals surface area contributed by atoms with Crippen LogP contribution in [0.4, 0.5) is 4.39 Å². The number of nitrogens with zero attached hydrogens (tertiary/aromatic N) is 1. The van der Waals surface area contributed by atoms with Crippen LogP contribution in [0.1, 0.15) is 43.4 Å². The second-order valence-corrected chi connectivity index (χ2v) is 8.34. The van der Waals surface area contributed by atoms with Crippen molar-refractivity contribution in [2.24, 2.45) is 11.8 Å². The van der Waals surface area contributed by atoms with Crippen LogP contribution in [-0.2, 0) is 4.74 Å². The fourth-order valence-corrected chi connectivity index (χ4v) is 3.95. The first-order valence-corrected chi connectivity index (χ1v) is 10.2. The van der Waals surface area contributed by atoms with Crippen molar-refractivity contribution in [3.05, 3.63) is 65.5 Å². The quantitative estimate of drug-likeness (QED) is 0.647. The van der Waals surface area contributed by atoms with E-state index >= 15 is 0 Å². The van der Waals surface area contributed by atoms with Gasteiger partial charge in [0.05, 0.1) is 12.7 Å². The van der Waals surface area contributed by atoms with Gasteiger partial charge in [0, 0.05) is 12.5 Å². The highest BCUT2D eigenvalue weighted by Gasteiger charge is 2.35. The highest BCUT2D eigenvalue weighted by molar-refractivity contribution is 5.30. The minimum absolute atomic E-state index is 0.0406. The van der Waals surface area contributed by atoms with E-state index < -0.39 is 0 Å². The van der Waals surface area contributed by atoms with Crippen LogP contribution in [0.25, 0.3) is 0 Å². The monoisotopic (exact) mass is 385 g/mol. The molecule has 0 aliphatic carbocycles. The SMILES string of the molecule is CC(C)[C@@H]1C[C@H](c2ccccc2F)CO[C@H]1c1ccc(OCCN(C)C)cc1. The van der Waals surface area contributed by atoms with E-state index in [1.54, 1.807) is 12.1 Å². The number of benzene rings is 2. The Morgan fingerprint density at radius 2 is 1.82 bits per heavy atom. The van der Waals surface area contributed by atoms with Gasteiger partial charge in [0.2, 0.25) is 0 Å². The molecule has 3 nitrogen and oxygen atoms in total. The van der Waals surface area contributed by atoms with Crippen LogP contribution in [0, 0.1) is 17.7 Å². The van der Waals surface area contributed by atoms with Gasteiger partial charge in [-0.15, -0.1) is 0 Å². The first kappa shape index (κ1) is 20.8. The minimum atomic E-state index is -0.128. The molecule has 0 saturated carbocycles. The van der Waals surface area contributed by atoms with Gasteiger partial charge in [-0.3, -0.25) is 0 Å². The zero-order valence-corrected chi connectivity index (χ0v) is 17.4. The van der Waals surface area contributed by atoms with Crippen molar-refractivity contribution in [3.63, 3.8) is 0 Å². The summed E-state index contributed by atoms with van der Waals surface area (Å²) in [5, 5.41) is 0. The molecule has 2 aromatic carbocycles. The summed E-state index contributed by atoms with van der Waals surface area (Å²) < 4.78 is 26.3. The Balaban J connectivity index is 1.69. The lowest BCUT2D eigenvalue weighted by Gasteiger charge is -2.39. The highest BCUT2D eigenvalue weighted by Crippen LogP contribution is 2.44. The van der Waals surface area contributed by atoms with E-state index in [9.17, 15) is 4.39 Å². The topological polar surface area (TPSA) is 21.7 Å². The first-order valence-electron chi connectivity index (χ1n) is 10.2. The van der Waals surface area contributed by atoms with Gasteiger partial charge in [0.25, 0.3) is 0 Å². The molecule has 0 bridgehead atoms. The Morgan fingerprint density at radius 3 is 2.46 bits per heavy atom. The molecule has 3 rings (SSSR count). The van der Waals surface area contributed by atoms with E-state index in [0.29, 0.717) is 25.0 Å². The normalized spacial score (nSPS) is 22.6. The molecular weight excluding hydrogens is 353 g/mol. The fourth-order valence-electron chi connectivity index (χ4n) is 3.95. The summed E-state index contributed by atoms with van der Waals surface area (Å²) in [6, 6.07) is 15.3. The lowest BCUT2D eigenvalue weighted by molar-refractivity contribution is -0.0557. The number of hydrogen-bond donors (Lipinski definition) is 0. The Hall–Kier alpha value is -1.91. The minimum Gasteiger partial charge on any atom is -0.492 e. The van der Waals surface area contributed by atoms with Gasteiger partial charge in [-0.1, -0.05) is 44.2 Å². The van der Waals surface area contributed by atoms with Gasteiger partial charge in [-0.25, -0.2) is 4.39 Å². The molecule has 1 saturated heterocycles. The average molecular weight is 386 g/mol. The predicted molar refractivity (Wildman–Crippen MR) is 111 cm³/mol. The Bertz CT molecular complexity index is 745. The van der Waals surface area contributed by atoms with Crippen molar-refractivity contribution in [2.45, 2.75) is 32.3 Å². The first-order chi connectivity index (χ1) is 13.5. The number of rotatable bonds is 7. The molecule has 0 N–H and O–H groups in total. The summed E-state index contributed by atoms with van der Waals surface area (Å²) in [7, 11) is 4.07. The zero-order valence-electron chi connectivity index (χ0n) is 17.4. The third kappa shape index (κ3) is 5.12. The van der Waals surface area contributed by atoms with Crippen molar-refractivity contribution in [1.29, 1.82) is 0 Å². The van der Waals surface area contributed by atoms with Crippen molar-refractivity contribution < 1.29 is 13.9 Å². The molecule has 28 heavy (non-hydrogen) atoms.